The molecule has 92 valence electrons. The molecule has 1 amide bonds. The minimum atomic E-state index is -0.563. The zero-order chi connectivity index (χ0) is 12.5. The highest BCUT2D eigenvalue weighted by Crippen LogP contribution is 2.22. The SMILES string of the molecule is O=C1CC(O)CN1c1ccc(-n2cncn2)cc1. The summed E-state index contributed by atoms with van der Waals surface area (Å²) in [5, 5.41) is 13.5. The van der Waals surface area contributed by atoms with E-state index in [1.807, 2.05) is 24.3 Å². The van der Waals surface area contributed by atoms with Crippen molar-refractivity contribution in [3.8, 4) is 5.69 Å². The number of nitrogens with zero attached hydrogens (tertiary/aromatic N) is 4. The zero-order valence-corrected chi connectivity index (χ0v) is 9.60. The summed E-state index contributed by atoms with van der Waals surface area (Å²) in [5.74, 6) is -0.0454. The van der Waals surface area contributed by atoms with E-state index in [4.69, 9.17) is 0 Å². The Morgan fingerprint density at radius 1 is 1.22 bits per heavy atom. The van der Waals surface area contributed by atoms with Gasteiger partial charge >= 0.3 is 0 Å². The Hall–Kier alpha value is -2.21. The molecule has 1 atom stereocenters. The molecule has 0 radical (unpaired) electrons. The van der Waals surface area contributed by atoms with Crippen LogP contribution in [0.4, 0.5) is 5.69 Å². The summed E-state index contributed by atoms with van der Waals surface area (Å²) in [4.78, 5) is 17.1. The Morgan fingerprint density at radius 3 is 2.50 bits per heavy atom. The minimum Gasteiger partial charge on any atom is -0.391 e. The highest BCUT2D eigenvalue weighted by molar-refractivity contribution is 5.96. The van der Waals surface area contributed by atoms with Crippen LogP contribution in [-0.4, -0.2) is 38.4 Å². The average molecular weight is 244 g/mol. The zero-order valence-electron chi connectivity index (χ0n) is 9.60. The van der Waals surface area contributed by atoms with Crippen LogP contribution in [0.1, 0.15) is 6.42 Å². The second kappa shape index (κ2) is 4.23. The van der Waals surface area contributed by atoms with Crippen molar-refractivity contribution in [3.63, 3.8) is 0 Å². The van der Waals surface area contributed by atoms with Crippen LogP contribution in [0.25, 0.3) is 5.69 Å². The number of hydrogen-bond donors (Lipinski definition) is 1. The van der Waals surface area contributed by atoms with E-state index in [1.165, 1.54) is 6.33 Å². The summed E-state index contributed by atoms with van der Waals surface area (Å²) >= 11 is 0. The first-order chi connectivity index (χ1) is 8.74. The Kier molecular flexibility index (Phi) is 2.56. The number of aliphatic hydroxyl groups excluding tert-OH is 1. The molecule has 1 unspecified atom stereocenters. The molecule has 1 aliphatic rings. The second-order valence-electron chi connectivity index (χ2n) is 4.22. The fourth-order valence-electron chi connectivity index (χ4n) is 2.07. The molecule has 6 nitrogen and oxygen atoms in total. The third-order valence-electron chi connectivity index (χ3n) is 2.95. The molecular weight excluding hydrogens is 232 g/mol. The number of anilines is 1. The van der Waals surface area contributed by atoms with Crippen LogP contribution in [0.3, 0.4) is 0 Å². The van der Waals surface area contributed by atoms with Gasteiger partial charge in [0, 0.05) is 5.69 Å². The fraction of sp³-hybridized carbons (Fsp3) is 0.250. The standard InChI is InChI=1S/C12H12N4O2/c17-11-5-12(18)15(6-11)9-1-3-10(4-2-9)16-8-13-7-14-16/h1-4,7-8,11,17H,5-6H2. The number of aliphatic hydroxyl groups is 1. The van der Waals surface area contributed by atoms with Crippen LogP contribution in [0.15, 0.2) is 36.9 Å². The third-order valence-corrected chi connectivity index (χ3v) is 2.95. The second-order valence-corrected chi connectivity index (χ2v) is 4.22. The summed E-state index contributed by atoms with van der Waals surface area (Å²) in [6, 6.07) is 7.41. The molecule has 0 aliphatic carbocycles. The van der Waals surface area contributed by atoms with Crippen molar-refractivity contribution in [1.82, 2.24) is 14.8 Å². The topological polar surface area (TPSA) is 71.2 Å². The summed E-state index contributed by atoms with van der Waals surface area (Å²) in [6.45, 7) is 0.363. The molecule has 1 aromatic heterocycles. The van der Waals surface area contributed by atoms with Crippen molar-refractivity contribution < 1.29 is 9.90 Å². The van der Waals surface area contributed by atoms with E-state index >= 15 is 0 Å². The quantitative estimate of drug-likeness (QED) is 0.828. The van der Waals surface area contributed by atoms with Crippen molar-refractivity contribution in [1.29, 1.82) is 0 Å². The van der Waals surface area contributed by atoms with Gasteiger partial charge in [-0.2, -0.15) is 5.10 Å². The molecule has 0 saturated carbocycles. The van der Waals surface area contributed by atoms with Crippen molar-refractivity contribution in [2.45, 2.75) is 12.5 Å². The molecule has 6 heteroatoms. The highest BCUT2D eigenvalue weighted by Gasteiger charge is 2.28. The largest absolute Gasteiger partial charge is 0.391 e. The van der Waals surface area contributed by atoms with Gasteiger partial charge in [0.2, 0.25) is 5.91 Å². The molecule has 0 spiro atoms. The van der Waals surface area contributed by atoms with Gasteiger partial charge in [-0.15, -0.1) is 0 Å². The van der Waals surface area contributed by atoms with E-state index in [1.54, 1.807) is 15.9 Å². The summed E-state index contributed by atoms with van der Waals surface area (Å²) < 4.78 is 1.64. The highest BCUT2D eigenvalue weighted by atomic mass is 16.3. The first kappa shape index (κ1) is 10.9. The number of aromatic nitrogens is 3. The molecule has 1 aromatic carbocycles. The molecule has 18 heavy (non-hydrogen) atoms. The van der Waals surface area contributed by atoms with E-state index in [0.29, 0.717) is 6.54 Å². The molecule has 2 aromatic rings. The Labute approximate surface area is 103 Å². The van der Waals surface area contributed by atoms with Crippen LogP contribution < -0.4 is 4.90 Å². The van der Waals surface area contributed by atoms with Gasteiger partial charge in [-0.1, -0.05) is 0 Å². The number of hydrogen-bond acceptors (Lipinski definition) is 4. The first-order valence-electron chi connectivity index (χ1n) is 5.67. The number of benzene rings is 1. The van der Waals surface area contributed by atoms with Gasteiger partial charge in [-0.05, 0) is 24.3 Å². The maximum atomic E-state index is 11.6. The van der Waals surface area contributed by atoms with E-state index in [9.17, 15) is 9.90 Å². The van der Waals surface area contributed by atoms with Crippen LogP contribution in [0.2, 0.25) is 0 Å². The smallest absolute Gasteiger partial charge is 0.229 e. The number of carbonyl (C=O) groups is 1. The van der Waals surface area contributed by atoms with E-state index < -0.39 is 6.10 Å². The van der Waals surface area contributed by atoms with Crippen LogP contribution in [-0.2, 0) is 4.79 Å². The van der Waals surface area contributed by atoms with Crippen molar-refractivity contribution >= 4 is 11.6 Å². The van der Waals surface area contributed by atoms with Gasteiger partial charge in [-0.25, -0.2) is 9.67 Å². The average Bonchev–Trinajstić information content (AvgIpc) is 2.99. The van der Waals surface area contributed by atoms with E-state index in [0.717, 1.165) is 11.4 Å². The summed E-state index contributed by atoms with van der Waals surface area (Å²) in [6.07, 6.45) is 2.71. The number of carbonyl (C=O) groups excluding carboxylic acids is 1. The lowest BCUT2D eigenvalue weighted by Gasteiger charge is -2.16. The third kappa shape index (κ3) is 1.86. The minimum absolute atomic E-state index is 0.0454. The fourth-order valence-corrected chi connectivity index (χ4v) is 2.07. The van der Waals surface area contributed by atoms with Crippen molar-refractivity contribution in [2.75, 3.05) is 11.4 Å². The molecule has 1 aliphatic heterocycles. The van der Waals surface area contributed by atoms with Crippen LogP contribution >= 0.6 is 0 Å². The molecule has 2 heterocycles. The van der Waals surface area contributed by atoms with Crippen molar-refractivity contribution in [2.24, 2.45) is 0 Å². The lowest BCUT2D eigenvalue weighted by molar-refractivity contribution is -0.117. The molecule has 0 bridgehead atoms. The maximum absolute atomic E-state index is 11.6. The summed E-state index contributed by atoms with van der Waals surface area (Å²) in [5.41, 5.74) is 1.67. The van der Waals surface area contributed by atoms with Gasteiger partial charge in [0.15, 0.2) is 0 Å². The van der Waals surface area contributed by atoms with Gasteiger partial charge in [0.1, 0.15) is 12.7 Å². The van der Waals surface area contributed by atoms with Gasteiger partial charge in [-0.3, -0.25) is 4.79 Å². The Bertz CT molecular complexity index is 550. The predicted octanol–water partition coefficient (Wildman–Crippen LogP) is 0.365. The van der Waals surface area contributed by atoms with Gasteiger partial charge < -0.3 is 10.0 Å². The Balaban J connectivity index is 1.85. The molecular formula is C12H12N4O2. The summed E-state index contributed by atoms with van der Waals surface area (Å²) in [7, 11) is 0. The van der Waals surface area contributed by atoms with Gasteiger partial charge in [0.05, 0.1) is 24.8 Å². The number of amides is 1. The molecule has 1 N–H and O–H groups in total. The van der Waals surface area contributed by atoms with Crippen molar-refractivity contribution in [3.05, 3.63) is 36.9 Å². The van der Waals surface area contributed by atoms with Gasteiger partial charge in [0.25, 0.3) is 0 Å². The number of β-amino-alcohol motifs (C(OH)–C–C–N with tert-alkyl or cyclic N) is 1. The molecule has 1 saturated heterocycles. The van der Waals surface area contributed by atoms with Crippen LogP contribution in [0.5, 0.6) is 0 Å². The molecule has 3 rings (SSSR count). The monoisotopic (exact) mass is 244 g/mol. The lowest BCUT2D eigenvalue weighted by Crippen LogP contribution is -2.25. The van der Waals surface area contributed by atoms with E-state index in [-0.39, 0.29) is 12.3 Å². The van der Waals surface area contributed by atoms with Crippen LogP contribution in [0, 0.1) is 0 Å². The lowest BCUT2D eigenvalue weighted by atomic mass is 10.2. The Morgan fingerprint density at radius 2 is 1.94 bits per heavy atom. The predicted molar refractivity (Wildman–Crippen MR) is 64.3 cm³/mol. The molecule has 1 fully saturated rings. The number of rotatable bonds is 2. The maximum Gasteiger partial charge on any atom is 0.229 e. The van der Waals surface area contributed by atoms with E-state index in [2.05, 4.69) is 10.1 Å². The normalized spacial score (nSPS) is 19.5. The first-order valence-corrected chi connectivity index (χ1v) is 5.67.